The molecular formula is C131H115N9. The summed E-state index contributed by atoms with van der Waals surface area (Å²) in [5.41, 5.74) is 47.6. The van der Waals surface area contributed by atoms with Gasteiger partial charge in [0.2, 0.25) is 0 Å². The molecule has 0 saturated heterocycles. The Labute approximate surface area is 824 Å². The van der Waals surface area contributed by atoms with Crippen LogP contribution in [-0.4, -0.2) is 44.9 Å². The third-order valence-corrected chi connectivity index (χ3v) is 26.3. The molecule has 15 aromatic carbocycles. The first-order valence-electron chi connectivity index (χ1n) is 48.4. The van der Waals surface area contributed by atoms with E-state index in [2.05, 4.69) is 447 Å². The van der Waals surface area contributed by atoms with Crippen molar-refractivity contribution in [1.82, 2.24) is 44.9 Å². The van der Waals surface area contributed by atoms with E-state index in [4.69, 9.17) is 29.9 Å². The minimum Gasteiger partial charge on any atom is -0.265 e. The Balaban J connectivity index is 0.000000134. The lowest BCUT2D eigenvalue weighted by molar-refractivity contribution is 0.590. The van der Waals surface area contributed by atoms with E-state index in [-0.39, 0.29) is 21.7 Å². The van der Waals surface area contributed by atoms with E-state index in [0.717, 1.165) is 184 Å². The van der Waals surface area contributed by atoms with E-state index < -0.39 is 0 Å². The Kier molecular flexibility index (Phi) is 25.9. The molecule has 0 radical (unpaired) electrons. The zero-order valence-electron chi connectivity index (χ0n) is 82.7. The lowest BCUT2D eigenvalue weighted by Gasteiger charge is -2.21. The Bertz CT molecular complexity index is 7660. The fraction of sp³-hybridized carbons (Fsp3) is 0.153. The highest BCUT2D eigenvalue weighted by Gasteiger charge is 2.26. The maximum absolute atomic E-state index is 5.38. The van der Waals surface area contributed by atoms with Gasteiger partial charge in [0.1, 0.15) is 0 Å². The molecule has 0 bridgehead atoms. The highest BCUT2D eigenvalue weighted by atomic mass is 14.9. The third-order valence-electron chi connectivity index (χ3n) is 26.3. The van der Waals surface area contributed by atoms with Gasteiger partial charge in [-0.15, -0.1) is 0 Å². The minimum absolute atomic E-state index is 0.0777. The summed E-state index contributed by atoms with van der Waals surface area (Å²) in [6.45, 7) is 35.7. The second kappa shape index (κ2) is 39.1. The van der Waals surface area contributed by atoms with E-state index in [1.54, 1.807) is 6.20 Å². The van der Waals surface area contributed by atoms with Crippen molar-refractivity contribution in [2.45, 2.75) is 132 Å². The molecule has 21 rings (SSSR count). The van der Waals surface area contributed by atoms with E-state index in [0.29, 0.717) is 0 Å². The number of hydrogen-bond acceptors (Lipinski definition) is 9. The van der Waals surface area contributed by atoms with Gasteiger partial charge in [-0.3, -0.25) is 15.0 Å². The number of nitrogens with zero attached hydrogens (tertiary/aromatic N) is 9. The highest BCUT2D eigenvalue weighted by molar-refractivity contribution is 6.00. The first kappa shape index (κ1) is 92.8. The number of fused-ring (bicyclic) bond motifs is 3. The van der Waals surface area contributed by atoms with Gasteiger partial charge in [0.05, 0.1) is 73.0 Å². The molecule has 0 atom stereocenters. The average Bonchev–Trinajstić information content (AvgIpc) is 0.753. The molecule has 0 saturated carbocycles. The standard InChI is InChI=1S/2C45H41N3.C41H33N3/c1-44(2,3)36-22-18-31(19-23-36)38-27-40-41(28-39(38)32-20-24-37(25-21-32)45(4,5)6)48-43(42(47-40)33-11-8-7-9-12-33)34-16-14-30(15-17-34)35-13-10-26-46-29-35;1-44(2,3)36-20-16-32(17-21-36)38-28-40-41(29-39(38)33-18-22-37(23-19-33)45(4,5)6)48-43(42(47-40)34-10-8-7-9-11-34)35-14-12-30(13-15-35)31-24-26-46-27-25-31;1-26-18-27(2)21-33(20-26)35-24-38-39(25-36(35)34-22-28(3)19-29(4)23-34)44-41(40(43-38)31-10-6-5-7-11-31)32-15-13-30(14-16-32)37-12-8-9-17-42-37/h2*7-29H,1-6H3;5-25H,1-4H3. The lowest BCUT2D eigenvalue weighted by Crippen LogP contribution is -2.10. The predicted molar refractivity (Wildman–Crippen MR) is 587 cm³/mol. The molecule has 0 aliphatic carbocycles. The quantitative estimate of drug-likeness (QED) is 0.0989. The molecule has 0 amide bonds. The monoisotopic (exact) mass is 1810 g/mol. The first-order chi connectivity index (χ1) is 67.5. The lowest BCUT2D eigenvalue weighted by atomic mass is 9.84. The van der Waals surface area contributed by atoms with E-state index in [1.165, 1.54) is 61.2 Å². The van der Waals surface area contributed by atoms with E-state index in [9.17, 15) is 0 Å². The van der Waals surface area contributed by atoms with Crippen molar-refractivity contribution in [3.8, 4) is 168 Å². The smallest absolute Gasteiger partial charge is 0.0973 e. The predicted octanol–water partition coefficient (Wildman–Crippen LogP) is 34.5. The molecule has 21 aromatic rings. The van der Waals surface area contributed by atoms with Crippen molar-refractivity contribution >= 4 is 33.1 Å². The van der Waals surface area contributed by atoms with Crippen LogP contribution >= 0.6 is 0 Å². The van der Waals surface area contributed by atoms with Gasteiger partial charge in [-0.25, -0.2) is 29.9 Å². The molecule has 9 nitrogen and oxygen atoms in total. The number of benzene rings is 15. The minimum atomic E-state index is 0.0777. The van der Waals surface area contributed by atoms with Crippen molar-refractivity contribution in [3.63, 3.8) is 0 Å². The van der Waals surface area contributed by atoms with Gasteiger partial charge in [0.25, 0.3) is 0 Å². The third kappa shape index (κ3) is 20.6. The van der Waals surface area contributed by atoms with Crippen LogP contribution in [0.1, 0.15) is 128 Å². The molecule has 684 valence electrons. The summed E-state index contributed by atoms with van der Waals surface area (Å²) >= 11 is 0. The highest BCUT2D eigenvalue weighted by Crippen LogP contribution is 2.46. The second-order valence-electron chi connectivity index (χ2n) is 41.0. The Hall–Kier alpha value is -16.2. The normalized spacial score (nSPS) is 11.7. The van der Waals surface area contributed by atoms with Gasteiger partial charge in [-0.1, -0.05) is 415 Å². The Morgan fingerprint density at radius 2 is 0.400 bits per heavy atom. The Morgan fingerprint density at radius 1 is 0.164 bits per heavy atom. The van der Waals surface area contributed by atoms with Crippen molar-refractivity contribution in [2.24, 2.45) is 0 Å². The van der Waals surface area contributed by atoms with Crippen molar-refractivity contribution in [3.05, 3.63) is 452 Å². The van der Waals surface area contributed by atoms with Crippen molar-refractivity contribution < 1.29 is 0 Å². The first-order valence-corrected chi connectivity index (χ1v) is 48.4. The van der Waals surface area contributed by atoms with Crippen LogP contribution in [0.3, 0.4) is 0 Å². The molecule has 140 heavy (non-hydrogen) atoms. The van der Waals surface area contributed by atoms with Crippen molar-refractivity contribution in [1.29, 1.82) is 0 Å². The van der Waals surface area contributed by atoms with E-state index >= 15 is 0 Å². The summed E-state index contributed by atoms with van der Waals surface area (Å²) in [6, 6.07) is 134. The van der Waals surface area contributed by atoms with Gasteiger partial charge in [0.15, 0.2) is 0 Å². The summed E-state index contributed by atoms with van der Waals surface area (Å²) in [5.74, 6) is 0. The van der Waals surface area contributed by atoms with Gasteiger partial charge in [0, 0.05) is 69.9 Å². The fourth-order valence-corrected chi connectivity index (χ4v) is 18.6. The number of pyridine rings is 3. The van der Waals surface area contributed by atoms with Crippen LogP contribution in [0.5, 0.6) is 0 Å². The molecule has 0 aliphatic rings. The Morgan fingerprint density at radius 3 is 0.664 bits per heavy atom. The van der Waals surface area contributed by atoms with Crippen molar-refractivity contribution in [2.75, 3.05) is 0 Å². The van der Waals surface area contributed by atoms with Gasteiger partial charge in [-0.05, 0) is 227 Å². The maximum atomic E-state index is 5.38. The molecule has 0 aliphatic heterocycles. The average molecular weight is 1820 g/mol. The van der Waals surface area contributed by atoms with Gasteiger partial charge < -0.3 is 0 Å². The van der Waals surface area contributed by atoms with Crippen LogP contribution in [-0.2, 0) is 21.7 Å². The molecule has 6 aromatic heterocycles. The number of hydrogen-bond donors (Lipinski definition) is 0. The van der Waals surface area contributed by atoms with Crippen LogP contribution in [0, 0.1) is 27.7 Å². The number of rotatable bonds is 15. The molecule has 0 unspecified atom stereocenters. The molecule has 0 fully saturated rings. The van der Waals surface area contributed by atoms with Gasteiger partial charge in [-0.2, -0.15) is 0 Å². The molecule has 0 spiro atoms. The van der Waals surface area contributed by atoms with Crippen LogP contribution in [0.25, 0.3) is 201 Å². The van der Waals surface area contributed by atoms with Crippen LogP contribution < -0.4 is 0 Å². The molecule has 6 heterocycles. The molecular weight excluding hydrogens is 1700 g/mol. The van der Waals surface area contributed by atoms with Crippen LogP contribution in [0.15, 0.2) is 407 Å². The topological polar surface area (TPSA) is 116 Å². The summed E-state index contributed by atoms with van der Waals surface area (Å²) in [5, 5.41) is 0. The molecule has 0 N–H and O–H groups in total. The number of aryl methyl sites for hydroxylation is 4. The SMILES string of the molecule is CC(C)(C)c1ccc(-c2cc3nc(-c4ccccc4)c(-c4ccc(-c5cccnc5)cc4)nc3cc2-c2ccc(C(C)(C)C)cc2)cc1.CC(C)(C)c1ccc(-c2cc3nc(-c4ccccc4)c(-c4ccc(-c5ccncc5)cc4)nc3cc2-c2ccc(C(C)(C)C)cc2)cc1.Cc1cc(C)cc(-c2cc3nc(-c4ccccc4)c(-c4ccc(-c5ccccn5)cc4)nc3cc2-c2cc(C)cc(C)c2)c1. The van der Waals surface area contributed by atoms with Crippen LogP contribution in [0.4, 0.5) is 0 Å². The van der Waals surface area contributed by atoms with Crippen LogP contribution in [0.2, 0.25) is 0 Å². The van der Waals surface area contributed by atoms with Gasteiger partial charge >= 0.3 is 0 Å². The maximum Gasteiger partial charge on any atom is 0.0973 e. The molecule has 9 heteroatoms. The number of aromatic nitrogens is 9. The summed E-state index contributed by atoms with van der Waals surface area (Å²) < 4.78 is 0. The summed E-state index contributed by atoms with van der Waals surface area (Å²) in [4.78, 5) is 45.1. The summed E-state index contributed by atoms with van der Waals surface area (Å²) in [6.07, 6.45) is 9.17. The van der Waals surface area contributed by atoms with E-state index in [1.807, 2.05) is 79.4 Å². The largest absolute Gasteiger partial charge is 0.265 e. The summed E-state index contributed by atoms with van der Waals surface area (Å²) in [7, 11) is 0. The fourth-order valence-electron chi connectivity index (χ4n) is 18.6. The zero-order chi connectivity index (χ0) is 97.1. The second-order valence-corrected chi connectivity index (χ2v) is 41.0. The zero-order valence-corrected chi connectivity index (χ0v) is 82.7.